The molecule has 0 radical (unpaired) electrons. The fourth-order valence-corrected chi connectivity index (χ4v) is 3.12. The number of amides is 2. The molecule has 0 saturated carbocycles. The summed E-state index contributed by atoms with van der Waals surface area (Å²) in [6.07, 6.45) is 1.84. The van der Waals surface area contributed by atoms with Crippen LogP contribution in [0.3, 0.4) is 0 Å². The van der Waals surface area contributed by atoms with E-state index in [0.717, 1.165) is 17.8 Å². The number of anilines is 2. The van der Waals surface area contributed by atoms with Gasteiger partial charge in [-0.2, -0.15) is 0 Å². The van der Waals surface area contributed by atoms with Crippen LogP contribution in [0.1, 0.15) is 39.1 Å². The Labute approximate surface area is 155 Å². The Morgan fingerprint density at radius 1 is 0.885 bits per heavy atom. The lowest BCUT2D eigenvalue weighted by Gasteiger charge is -2.06. The third-order valence-electron chi connectivity index (χ3n) is 3.59. The van der Waals surface area contributed by atoms with Crippen LogP contribution < -0.4 is 10.6 Å². The molecule has 3 rings (SSSR count). The lowest BCUT2D eigenvalue weighted by atomic mass is 10.1. The Hall–Kier alpha value is -3.06. The van der Waals surface area contributed by atoms with Gasteiger partial charge < -0.3 is 5.32 Å². The molecule has 0 aliphatic rings. The van der Waals surface area contributed by atoms with Gasteiger partial charge in [0.1, 0.15) is 5.01 Å². The molecule has 0 atom stereocenters. The maximum atomic E-state index is 12.3. The van der Waals surface area contributed by atoms with Crippen molar-refractivity contribution in [3.63, 3.8) is 0 Å². The number of hydrogen-bond acceptors (Lipinski definition) is 5. The zero-order chi connectivity index (χ0) is 18.4. The zero-order valence-corrected chi connectivity index (χ0v) is 15.0. The Balaban J connectivity index is 1.61. The van der Waals surface area contributed by atoms with Gasteiger partial charge in [0.15, 0.2) is 0 Å². The maximum absolute atomic E-state index is 12.3. The van der Waals surface area contributed by atoms with Gasteiger partial charge in [-0.15, -0.1) is 10.2 Å². The second kappa shape index (κ2) is 8.35. The molecule has 26 heavy (non-hydrogen) atoms. The molecule has 0 aliphatic carbocycles. The van der Waals surface area contributed by atoms with Crippen molar-refractivity contribution in [2.75, 3.05) is 10.6 Å². The van der Waals surface area contributed by atoms with E-state index in [1.807, 2.05) is 18.2 Å². The van der Waals surface area contributed by atoms with Crippen LogP contribution in [0.2, 0.25) is 0 Å². The summed E-state index contributed by atoms with van der Waals surface area (Å²) in [5.41, 5.74) is 1.68. The molecule has 0 spiro atoms. The van der Waals surface area contributed by atoms with Crippen molar-refractivity contribution in [3.05, 3.63) is 70.7 Å². The SMILES string of the molecule is CCCc1nnc(NC(=O)c2ccc(NC(=O)c3ccccc3)cc2)s1. The Morgan fingerprint density at radius 3 is 2.23 bits per heavy atom. The average Bonchev–Trinajstić information content (AvgIpc) is 3.10. The molecular formula is C19H18N4O2S. The van der Waals surface area contributed by atoms with Crippen molar-refractivity contribution in [1.29, 1.82) is 0 Å². The number of benzene rings is 2. The molecule has 2 N–H and O–H groups in total. The number of nitrogens with zero attached hydrogens (tertiary/aromatic N) is 2. The number of aromatic nitrogens is 2. The maximum Gasteiger partial charge on any atom is 0.257 e. The Kier molecular flexibility index (Phi) is 5.70. The fourth-order valence-electron chi connectivity index (χ4n) is 2.29. The normalized spacial score (nSPS) is 10.3. The molecule has 2 amide bonds. The molecule has 1 heterocycles. The summed E-state index contributed by atoms with van der Waals surface area (Å²) in [6, 6.07) is 15.7. The lowest BCUT2D eigenvalue weighted by molar-refractivity contribution is 0.102. The third kappa shape index (κ3) is 4.52. The van der Waals surface area contributed by atoms with Crippen molar-refractivity contribution in [1.82, 2.24) is 10.2 Å². The highest BCUT2D eigenvalue weighted by Gasteiger charge is 2.11. The van der Waals surface area contributed by atoms with Gasteiger partial charge in [-0.05, 0) is 42.8 Å². The van der Waals surface area contributed by atoms with E-state index in [1.54, 1.807) is 36.4 Å². The van der Waals surface area contributed by atoms with Crippen LogP contribution in [0, 0.1) is 0 Å². The lowest BCUT2D eigenvalue weighted by Crippen LogP contribution is -2.13. The molecule has 1 aromatic heterocycles. The van der Waals surface area contributed by atoms with E-state index in [1.165, 1.54) is 11.3 Å². The molecular weight excluding hydrogens is 348 g/mol. The first-order chi connectivity index (χ1) is 12.7. The molecule has 0 bridgehead atoms. The summed E-state index contributed by atoms with van der Waals surface area (Å²) in [7, 11) is 0. The number of carbonyl (C=O) groups excluding carboxylic acids is 2. The van der Waals surface area contributed by atoms with E-state index in [2.05, 4.69) is 27.8 Å². The van der Waals surface area contributed by atoms with E-state index < -0.39 is 0 Å². The van der Waals surface area contributed by atoms with Crippen molar-refractivity contribution >= 4 is 34.0 Å². The van der Waals surface area contributed by atoms with Gasteiger partial charge >= 0.3 is 0 Å². The first kappa shape index (κ1) is 17.8. The fraction of sp³-hybridized carbons (Fsp3) is 0.158. The van der Waals surface area contributed by atoms with E-state index in [4.69, 9.17) is 0 Å². The van der Waals surface area contributed by atoms with Gasteiger partial charge in [0.05, 0.1) is 0 Å². The average molecular weight is 366 g/mol. The molecule has 6 nitrogen and oxygen atoms in total. The molecule has 7 heteroatoms. The summed E-state index contributed by atoms with van der Waals surface area (Å²) in [5, 5.41) is 14.9. The van der Waals surface area contributed by atoms with E-state index >= 15 is 0 Å². The molecule has 2 aromatic carbocycles. The van der Waals surface area contributed by atoms with E-state index in [9.17, 15) is 9.59 Å². The number of carbonyl (C=O) groups is 2. The highest BCUT2D eigenvalue weighted by atomic mass is 32.1. The van der Waals surface area contributed by atoms with E-state index in [-0.39, 0.29) is 11.8 Å². The summed E-state index contributed by atoms with van der Waals surface area (Å²) < 4.78 is 0. The van der Waals surface area contributed by atoms with Gasteiger partial charge in [-0.1, -0.05) is 36.5 Å². The monoisotopic (exact) mass is 366 g/mol. The highest BCUT2D eigenvalue weighted by Crippen LogP contribution is 2.18. The summed E-state index contributed by atoms with van der Waals surface area (Å²) in [4.78, 5) is 24.4. The molecule has 0 fully saturated rings. The first-order valence-corrected chi connectivity index (χ1v) is 9.07. The first-order valence-electron chi connectivity index (χ1n) is 8.26. The largest absolute Gasteiger partial charge is 0.322 e. The van der Waals surface area contributed by atoms with Crippen LogP contribution in [0.5, 0.6) is 0 Å². The third-order valence-corrected chi connectivity index (χ3v) is 4.49. The van der Waals surface area contributed by atoms with Crippen LogP contribution in [-0.2, 0) is 6.42 Å². The standard InChI is InChI=1S/C19H18N4O2S/c1-2-6-16-22-23-19(26-16)21-18(25)14-9-11-15(12-10-14)20-17(24)13-7-4-3-5-8-13/h3-5,7-12H,2,6H2,1H3,(H,20,24)(H,21,23,25). The summed E-state index contributed by atoms with van der Waals surface area (Å²) >= 11 is 1.38. The minimum absolute atomic E-state index is 0.194. The predicted molar refractivity (Wildman–Crippen MR) is 103 cm³/mol. The topological polar surface area (TPSA) is 84.0 Å². The van der Waals surface area contributed by atoms with Gasteiger partial charge in [-0.25, -0.2) is 0 Å². The molecule has 0 saturated heterocycles. The summed E-state index contributed by atoms with van der Waals surface area (Å²) in [6.45, 7) is 2.07. The minimum atomic E-state index is -0.259. The molecule has 3 aromatic rings. The van der Waals surface area contributed by atoms with Crippen molar-refractivity contribution in [2.45, 2.75) is 19.8 Å². The van der Waals surface area contributed by atoms with Crippen LogP contribution in [-0.4, -0.2) is 22.0 Å². The number of aryl methyl sites for hydroxylation is 1. The highest BCUT2D eigenvalue weighted by molar-refractivity contribution is 7.15. The molecule has 132 valence electrons. The van der Waals surface area contributed by atoms with E-state index in [0.29, 0.717) is 21.9 Å². The van der Waals surface area contributed by atoms with Crippen molar-refractivity contribution in [2.24, 2.45) is 0 Å². The van der Waals surface area contributed by atoms with Crippen LogP contribution in [0.25, 0.3) is 0 Å². The van der Waals surface area contributed by atoms with Gasteiger partial charge in [0.2, 0.25) is 5.13 Å². The second-order valence-electron chi connectivity index (χ2n) is 5.60. The predicted octanol–water partition coefficient (Wildman–Crippen LogP) is 4.00. The van der Waals surface area contributed by atoms with Crippen LogP contribution in [0.15, 0.2) is 54.6 Å². The van der Waals surface area contributed by atoms with Gasteiger partial charge in [0.25, 0.3) is 11.8 Å². The molecule has 0 aliphatic heterocycles. The number of hydrogen-bond donors (Lipinski definition) is 2. The van der Waals surface area contributed by atoms with Gasteiger partial charge in [0, 0.05) is 23.2 Å². The van der Waals surface area contributed by atoms with Gasteiger partial charge in [-0.3, -0.25) is 14.9 Å². The zero-order valence-electron chi connectivity index (χ0n) is 14.2. The quantitative estimate of drug-likeness (QED) is 0.691. The number of rotatable bonds is 6. The molecule has 0 unspecified atom stereocenters. The smallest absolute Gasteiger partial charge is 0.257 e. The second-order valence-corrected chi connectivity index (χ2v) is 6.66. The van der Waals surface area contributed by atoms with Crippen molar-refractivity contribution < 1.29 is 9.59 Å². The Bertz CT molecular complexity index is 891. The number of nitrogens with one attached hydrogen (secondary N) is 2. The summed E-state index contributed by atoms with van der Waals surface area (Å²) in [5.74, 6) is -0.453. The van der Waals surface area contributed by atoms with Crippen molar-refractivity contribution in [3.8, 4) is 0 Å². The Morgan fingerprint density at radius 2 is 1.54 bits per heavy atom. The minimum Gasteiger partial charge on any atom is -0.322 e. The van der Waals surface area contributed by atoms with Crippen LogP contribution in [0.4, 0.5) is 10.8 Å². The van der Waals surface area contributed by atoms with Crippen LogP contribution >= 0.6 is 11.3 Å².